The van der Waals surface area contributed by atoms with Gasteiger partial charge in [-0.2, -0.15) is 13.2 Å². The number of alkyl halides is 3. The van der Waals surface area contributed by atoms with E-state index in [2.05, 4.69) is 16.7 Å². The van der Waals surface area contributed by atoms with Gasteiger partial charge in [0.1, 0.15) is 0 Å². The Balaban J connectivity index is 1.96. The van der Waals surface area contributed by atoms with Crippen LogP contribution in [0.25, 0.3) is 0 Å². The molecule has 0 spiro atoms. The lowest BCUT2D eigenvalue weighted by Gasteiger charge is -2.39. The molecule has 0 aromatic heterocycles. The fourth-order valence-corrected chi connectivity index (χ4v) is 2.78. The molecule has 6 heteroatoms. The van der Waals surface area contributed by atoms with Crippen molar-refractivity contribution in [2.75, 3.05) is 37.6 Å². The molecule has 1 aliphatic heterocycles. The molecule has 2 N–H and O–H groups in total. The van der Waals surface area contributed by atoms with Crippen molar-refractivity contribution in [2.45, 2.75) is 25.6 Å². The van der Waals surface area contributed by atoms with Crippen LogP contribution in [0.3, 0.4) is 0 Å². The summed E-state index contributed by atoms with van der Waals surface area (Å²) in [6, 6.07) is 5.81. The zero-order chi connectivity index (χ0) is 15.5. The molecule has 1 aliphatic rings. The van der Waals surface area contributed by atoms with Crippen LogP contribution in [0.1, 0.15) is 18.9 Å². The lowest BCUT2D eigenvalue weighted by atomic mass is 10.1. The van der Waals surface area contributed by atoms with Gasteiger partial charge in [-0.05, 0) is 30.7 Å². The Morgan fingerprint density at radius 2 is 1.67 bits per heavy atom. The third-order valence-electron chi connectivity index (χ3n) is 4.13. The van der Waals surface area contributed by atoms with Gasteiger partial charge >= 0.3 is 6.18 Å². The molecule has 0 bridgehead atoms. The molecule has 1 saturated heterocycles. The first-order valence-electron chi connectivity index (χ1n) is 7.32. The zero-order valence-electron chi connectivity index (χ0n) is 12.2. The minimum absolute atomic E-state index is 0.403. The molecule has 0 radical (unpaired) electrons. The van der Waals surface area contributed by atoms with Crippen LogP contribution in [0.4, 0.5) is 18.9 Å². The summed E-state index contributed by atoms with van der Waals surface area (Å²) in [5, 5.41) is 0. The van der Waals surface area contributed by atoms with E-state index in [0.29, 0.717) is 12.6 Å². The maximum Gasteiger partial charge on any atom is 0.416 e. The molecule has 1 aromatic rings. The molecule has 118 valence electrons. The molecule has 0 aliphatic carbocycles. The number of nitrogens with two attached hydrogens (primary N) is 1. The van der Waals surface area contributed by atoms with Gasteiger partial charge in [0.2, 0.25) is 0 Å². The van der Waals surface area contributed by atoms with E-state index in [1.54, 1.807) is 12.1 Å². The Kier molecular flexibility index (Phi) is 5.11. The van der Waals surface area contributed by atoms with E-state index in [4.69, 9.17) is 5.73 Å². The van der Waals surface area contributed by atoms with Gasteiger partial charge in [-0.25, -0.2) is 0 Å². The van der Waals surface area contributed by atoms with Gasteiger partial charge < -0.3 is 10.6 Å². The number of piperazine rings is 1. The summed E-state index contributed by atoms with van der Waals surface area (Å²) in [7, 11) is 0. The van der Waals surface area contributed by atoms with E-state index >= 15 is 0 Å². The van der Waals surface area contributed by atoms with Crippen molar-refractivity contribution >= 4 is 5.69 Å². The van der Waals surface area contributed by atoms with E-state index in [1.165, 1.54) is 0 Å². The molecule has 1 fully saturated rings. The quantitative estimate of drug-likeness (QED) is 0.928. The topological polar surface area (TPSA) is 32.5 Å². The summed E-state index contributed by atoms with van der Waals surface area (Å²) in [5.74, 6) is 0. The van der Waals surface area contributed by atoms with Gasteiger partial charge in [-0.3, -0.25) is 4.90 Å². The SMILES string of the molecule is CCC(CN)N1CCN(c2ccc(C(F)(F)F)cc2)CC1. The Morgan fingerprint density at radius 1 is 1.10 bits per heavy atom. The Bertz CT molecular complexity index is 432. The van der Waals surface area contributed by atoms with Crippen molar-refractivity contribution < 1.29 is 13.2 Å². The van der Waals surface area contributed by atoms with Crippen molar-refractivity contribution in [1.82, 2.24) is 4.90 Å². The van der Waals surface area contributed by atoms with Crippen LogP contribution in [0.15, 0.2) is 24.3 Å². The predicted molar refractivity (Wildman–Crippen MR) is 78.4 cm³/mol. The first kappa shape index (κ1) is 16.1. The highest BCUT2D eigenvalue weighted by Crippen LogP contribution is 2.30. The second-order valence-corrected chi connectivity index (χ2v) is 5.37. The summed E-state index contributed by atoms with van der Waals surface area (Å²) in [6.07, 6.45) is -3.25. The number of rotatable bonds is 4. The second kappa shape index (κ2) is 6.66. The second-order valence-electron chi connectivity index (χ2n) is 5.37. The monoisotopic (exact) mass is 301 g/mol. The van der Waals surface area contributed by atoms with Gasteiger partial charge in [-0.1, -0.05) is 6.92 Å². The standard InChI is InChI=1S/C15H22F3N3/c1-2-13(11-19)20-7-9-21(10-8-20)14-5-3-12(4-6-14)15(16,17)18/h3-6,13H,2,7-11,19H2,1H3. The summed E-state index contributed by atoms with van der Waals surface area (Å²) in [4.78, 5) is 4.49. The first-order chi connectivity index (χ1) is 9.95. The van der Waals surface area contributed by atoms with Crippen molar-refractivity contribution in [3.05, 3.63) is 29.8 Å². The smallest absolute Gasteiger partial charge is 0.369 e. The number of hydrogen-bond donors (Lipinski definition) is 1. The normalized spacial score (nSPS) is 18.8. The minimum atomic E-state index is -4.27. The fourth-order valence-electron chi connectivity index (χ4n) is 2.78. The lowest BCUT2D eigenvalue weighted by Crippen LogP contribution is -2.52. The first-order valence-corrected chi connectivity index (χ1v) is 7.32. The summed E-state index contributed by atoms with van der Waals surface area (Å²) in [6.45, 7) is 6.22. The summed E-state index contributed by atoms with van der Waals surface area (Å²) < 4.78 is 37.6. The average molecular weight is 301 g/mol. The molecule has 3 nitrogen and oxygen atoms in total. The Labute approximate surface area is 123 Å². The van der Waals surface area contributed by atoms with E-state index < -0.39 is 11.7 Å². The zero-order valence-corrected chi connectivity index (χ0v) is 12.2. The molecule has 1 aromatic carbocycles. The maximum atomic E-state index is 12.5. The van der Waals surface area contributed by atoms with Crippen molar-refractivity contribution in [2.24, 2.45) is 5.73 Å². The van der Waals surface area contributed by atoms with Gasteiger partial charge in [0, 0.05) is 44.5 Å². The molecule has 1 unspecified atom stereocenters. The molecule has 0 saturated carbocycles. The molecule has 1 atom stereocenters. The number of benzene rings is 1. The van der Waals surface area contributed by atoms with Crippen LogP contribution in [0, 0.1) is 0 Å². The third kappa shape index (κ3) is 3.89. The van der Waals surface area contributed by atoms with Gasteiger partial charge in [0.25, 0.3) is 0 Å². The van der Waals surface area contributed by atoms with Crippen molar-refractivity contribution in [3.63, 3.8) is 0 Å². The van der Waals surface area contributed by atoms with Crippen LogP contribution in [-0.4, -0.2) is 43.7 Å². The van der Waals surface area contributed by atoms with E-state index in [9.17, 15) is 13.2 Å². The fraction of sp³-hybridized carbons (Fsp3) is 0.600. The number of hydrogen-bond acceptors (Lipinski definition) is 3. The number of nitrogens with zero attached hydrogens (tertiary/aromatic N) is 2. The highest BCUT2D eigenvalue weighted by atomic mass is 19.4. The molecule has 1 heterocycles. The van der Waals surface area contributed by atoms with Crippen LogP contribution in [0.5, 0.6) is 0 Å². The van der Waals surface area contributed by atoms with Gasteiger partial charge in [-0.15, -0.1) is 0 Å². The highest BCUT2D eigenvalue weighted by Gasteiger charge is 2.30. The highest BCUT2D eigenvalue weighted by molar-refractivity contribution is 5.48. The van der Waals surface area contributed by atoms with Crippen molar-refractivity contribution in [1.29, 1.82) is 0 Å². The van der Waals surface area contributed by atoms with E-state index in [-0.39, 0.29) is 0 Å². The minimum Gasteiger partial charge on any atom is -0.369 e. The van der Waals surface area contributed by atoms with Crippen LogP contribution in [0.2, 0.25) is 0 Å². The van der Waals surface area contributed by atoms with Crippen LogP contribution < -0.4 is 10.6 Å². The average Bonchev–Trinajstić information content (AvgIpc) is 2.48. The molecular formula is C15H22F3N3. The Hall–Kier alpha value is -1.27. The van der Waals surface area contributed by atoms with Crippen molar-refractivity contribution in [3.8, 4) is 0 Å². The molecule has 0 amide bonds. The van der Waals surface area contributed by atoms with Gasteiger partial charge in [0.05, 0.1) is 5.56 Å². The molecule has 2 rings (SSSR count). The largest absolute Gasteiger partial charge is 0.416 e. The van der Waals surface area contributed by atoms with E-state index in [0.717, 1.165) is 50.4 Å². The molecule has 21 heavy (non-hydrogen) atoms. The van der Waals surface area contributed by atoms with E-state index in [1.807, 2.05) is 0 Å². The van der Waals surface area contributed by atoms with Gasteiger partial charge in [0.15, 0.2) is 0 Å². The predicted octanol–water partition coefficient (Wildman–Crippen LogP) is 2.56. The van der Waals surface area contributed by atoms with Crippen LogP contribution in [-0.2, 0) is 6.18 Å². The third-order valence-corrected chi connectivity index (χ3v) is 4.13. The lowest BCUT2D eigenvalue weighted by molar-refractivity contribution is -0.137. The number of halogens is 3. The van der Waals surface area contributed by atoms with Crippen LogP contribution >= 0.6 is 0 Å². The molecular weight excluding hydrogens is 279 g/mol. The summed E-state index contributed by atoms with van der Waals surface area (Å²) >= 11 is 0. The Morgan fingerprint density at radius 3 is 2.10 bits per heavy atom. The maximum absolute atomic E-state index is 12.5. The number of anilines is 1. The summed E-state index contributed by atoms with van der Waals surface area (Å²) in [5.41, 5.74) is 6.01.